The number of fused-ring (bicyclic) bond motifs is 1. The zero-order valence-electron chi connectivity index (χ0n) is 18.3. The minimum absolute atomic E-state index is 0.0990. The standard InChI is InChI=1S/C24H22F4N6/c1-33-21(8-11-29-33)22-17-4-2-3-5-18(17)23(32-31-22)34-12-9-16(10-13-34)30-20-7-6-15(25)14-19(20)24(26,27)28/h2-8,11,14,16,30H,9-10,12-13H2,1H3. The predicted octanol–water partition coefficient (Wildman–Crippen LogP) is 5.27. The summed E-state index contributed by atoms with van der Waals surface area (Å²) in [6.07, 6.45) is -1.71. The third-order valence-corrected chi connectivity index (χ3v) is 6.17. The fourth-order valence-corrected chi connectivity index (χ4v) is 4.45. The van der Waals surface area contributed by atoms with Crippen LogP contribution in [0.25, 0.3) is 22.2 Å². The van der Waals surface area contributed by atoms with Crippen LogP contribution in [0, 0.1) is 5.82 Å². The monoisotopic (exact) mass is 470 g/mol. The number of aromatic nitrogens is 4. The van der Waals surface area contributed by atoms with Crippen LogP contribution in [0.2, 0.25) is 0 Å². The lowest BCUT2D eigenvalue weighted by Gasteiger charge is -2.34. The van der Waals surface area contributed by atoms with Crippen molar-refractivity contribution in [3.8, 4) is 11.4 Å². The van der Waals surface area contributed by atoms with Gasteiger partial charge in [-0.25, -0.2) is 4.39 Å². The summed E-state index contributed by atoms with van der Waals surface area (Å²) in [7, 11) is 1.85. The number of alkyl halides is 3. The number of nitrogens with zero attached hydrogens (tertiary/aromatic N) is 5. The van der Waals surface area contributed by atoms with Gasteiger partial charge in [0, 0.05) is 48.8 Å². The molecule has 6 nitrogen and oxygen atoms in total. The lowest BCUT2D eigenvalue weighted by Crippen LogP contribution is -2.40. The topological polar surface area (TPSA) is 58.9 Å². The molecular formula is C24H22F4N6. The van der Waals surface area contributed by atoms with Crippen molar-refractivity contribution in [2.75, 3.05) is 23.3 Å². The van der Waals surface area contributed by atoms with E-state index in [1.807, 2.05) is 37.4 Å². The van der Waals surface area contributed by atoms with E-state index >= 15 is 0 Å². The normalized spacial score (nSPS) is 15.1. The molecule has 0 aliphatic carbocycles. The Bertz CT molecular complexity index is 1320. The van der Waals surface area contributed by atoms with E-state index in [2.05, 4.69) is 25.5 Å². The number of hydrogen-bond donors (Lipinski definition) is 1. The van der Waals surface area contributed by atoms with Gasteiger partial charge in [0.25, 0.3) is 0 Å². The third kappa shape index (κ3) is 4.15. The van der Waals surface area contributed by atoms with E-state index in [9.17, 15) is 17.6 Å². The summed E-state index contributed by atoms with van der Waals surface area (Å²) in [5.74, 6) is -0.162. The van der Waals surface area contributed by atoms with Crippen LogP contribution in [-0.2, 0) is 13.2 Å². The Morgan fingerprint density at radius 2 is 1.71 bits per heavy atom. The molecule has 5 rings (SSSR count). The Kier molecular flexibility index (Phi) is 5.59. The van der Waals surface area contributed by atoms with Crippen molar-refractivity contribution >= 4 is 22.3 Å². The molecule has 1 aliphatic rings. The van der Waals surface area contributed by atoms with Gasteiger partial charge >= 0.3 is 6.18 Å². The average molecular weight is 470 g/mol. The van der Waals surface area contributed by atoms with Crippen LogP contribution in [-0.4, -0.2) is 39.1 Å². The van der Waals surface area contributed by atoms with Gasteiger partial charge in [-0.1, -0.05) is 24.3 Å². The Morgan fingerprint density at radius 1 is 0.971 bits per heavy atom. The molecule has 0 bridgehead atoms. The molecule has 0 radical (unpaired) electrons. The number of anilines is 2. The molecule has 0 amide bonds. The maximum Gasteiger partial charge on any atom is 0.418 e. The van der Waals surface area contributed by atoms with Gasteiger partial charge in [-0.05, 0) is 37.1 Å². The molecule has 0 spiro atoms. The van der Waals surface area contributed by atoms with Crippen molar-refractivity contribution < 1.29 is 17.6 Å². The van der Waals surface area contributed by atoms with Crippen molar-refractivity contribution in [2.24, 2.45) is 7.05 Å². The Labute approximate surface area is 193 Å². The number of rotatable bonds is 4. The summed E-state index contributed by atoms with van der Waals surface area (Å²) in [6, 6.07) is 12.3. The van der Waals surface area contributed by atoms with Crippen molar-refractivity contribution in [2.45, 2.75) is 25.1 Å². The molecular weight excluding hydrogens is 448 g/mol. The van der Waals surface area contributed by atoms with Crippen LogP contribution in [0.15, 0.2) is 54.7 Å². The lowest BCUT2D eigenvalue weighted by molar-refractivity contribution is -0.137. The summed E-state index contributed by atoms with van der Waals surface area (Å²) in [5, 5.41) is 18.1. The van der Waals surface area contributed by atoms with Gasteiger partial charge in [-0.3, -0.25) is 4.68 Å². The molecule has 4 aromatic rings. The van der Waals surface area contributed by atoms with Gasteiger partial charge < -0.3 is 10.2 Å². The largest absolute Gasteiger partial charge is 0.418 e. The van der Waals surface area contributed by atoms with Crippen molar-refractivity contribution in [3.05, 3.63) is 66.1 Å². The smallest absolute Gasteiger partial charge is 0.382 e. The van der Waals surface area contributed by atoms with Gasteiger partial charge in [0.1, 0.15) is 11.5 Å². The highest BCUT2D eigenvalue weighted by molar-refractivity contribution is 5.99. The van der Waals surface area contributed by atoms with Crippen molar-refractivity contribution in [1.82, 2.24) is 20.0 Å². The van der Waals surface area contributed by atoms with Crippen LogP contribution in [0.1, 0.15) is 18.4 Å². The molecule has 0 saturated carbocycles. The molecule has 3 heterocycles. The minimum Gasteiger partial charge on any atom is -0.382 e. The highest BCUT2D eigenvalue weighted by atomic mass is 19.4. The molecule has 2 aromatic carbocycles. The maximum atomic E-state index is 13.4. The second-order valence-electron chi connectivity index (χ2n) is 8.35. The zero-order valence-corrected chi connectivity index (χ0v) is 18.3. The third-order valence-electron chi connectivity index (χ3n) is 6.17. The second-order valence-corrected chi connectivity index (χ2v) is 8.35. The molecule has 0 unspecified atom stereocenters. The number of nitrogens with one attached hydrogen (secondary N) is 1. The molecule has 34 heavy (non-hydrogen) atoms. The average Bonchev–Trinajstić information content (AvgIpc) is 3.25. The molecule has 1 aliphatic heterocycles. The Morgan fingerprint density at radius 3 is 2.38 bits per heavy atom. The Hall–Kier alpha value is -3.69. The van der Waals surface area contributed by atoms with E-state index in [-0.39, 0.29) is 11.7 Å². The van der Waals surface area contributed by atoms with Gasteiger partial charge in [0.05, 0.1) is 11.3 Å². The van der Waals surface area contributed by atoms with Crippen LogP contribution in [0.4, 0.5) is 29.1 Å². The number of benzene rings is 2. The maximum absolute atomic E-state index is 13.4. The van der Waals surface area contributed by atoms with Gasteiger partial charge in [0.15, 0.2) is 5.82 Å². The molecule has 2 aromatic heterocycles. The van der Waals surface area contributed by atoms with Crippen molar-refractivity contribution in [3.63, 3.8) is 0 Å². The number of aryl methyl sites for hydroxylation is 1. The second kappa shape index (κ2) is 8.58. The summed E-state index contributed by atoms with van der Waals surface area (Å²) < 4.78 is 55.2. The van der Waals surface area contributed by atoms with Crippen molar-refractivity contribution in [1.29, 1.82) is 0 Å². The summed E-state index contributed by atoms with van der Waals surface area (Å²) >= 11 is 0. The summed E-state index contributed by atoms with van der Waals surface area (Å²) in [6.45, 7) is 1.20. The van der Waals surface area contributed by atoms with E-state index in [0.717, 1.165) is 40.1 Å². The van der Waals surface area contributed by atoms with Crippen LogP contribution in [0.3, 0.4) is 0 Å². The van der Waals surface area contributed by atoms with E-state index in [0.29, 0.717) is 32.0 Å². The van der Waals surface area contributed by atoms with Crippen LogP contribution < -0.4 is 10.2 Å². The van der Waals surface area contributed by atoms with E-state index in [1.165, 1.54) is 0 Å². The molecule has 1 saturated heterocycles. The first-order chi connectivity index (χ1) is 16.3. The molecule has 0 atom stereocenters. The molecule has 176 valence electrons. The van der Waals surface area contributed by atoms with E-state index in [4.69, 9.17) is 0 Å². The first-order valence-electron chi connectivity index (χ1n) is 10.9. The van der Waals surface area contributed by atoms with Gasteiger partial charge in [-0.2, -0.15) is 18.3 Å². The lowest BCUT2D eigenvalue weighted by atomic mass is 10.0. The fourth-order valence-electron chi connectivity index (χ4n) is 4.45. The quantitative estimate of drug-likeness (QED) is 0.412. The first-order valence-corrected chi connectivity index (χ1v) is 10.9. The van der Waals surface area contributed by atoms with Gasteiger partial charge in [-0.15, -0.1) is 10.2 Å². The molecule has 1 fully saturated rings. The highest BCUT2D eigenvalue weighted by Gasteiger charge is 2.35. The minimum atomic E-state index is -4.63. The van der Waals surface area contributed by atoms with E-state index in [1.54, 1.807) is 10.9 Å². The predicted molar refractivity (Wildman–Crippen MR) is 122 cm³/mol. The van der Waals surface area contributed by atoms with Crippen LogP contribution >= 0.6 is 0 Å². The number of hydrogen-bond acceptors (Lipinski definition) is 5. The summed E-state index contributed by atoms with van der Waals surface area (Å²) in [5.41, 5.74) is 0.514. The summed E-state index contributed by atoms with van der Waals surface area (Å²) in [4.78, 5) is 2.11. The fraction of sp³-hybridized carbons (Fsp3) is 0.292. The molecule has 1 N–H and O–H groups in total. The molecule has 10 heteroatoms. The number of halogens is 4. The first kappa shape index (κ1) is 22.1. The highest BCUT2D eigenvalue weighted by Crippen LogP contribution is 2.37. The Balaban J connectivity index is 1.36. The van der Waals surface area contributed by atoms with Crippen LogP contribution in [0.5, 0.6) is 0 Å². The van der Waals surface area contributed by atoms with E-state index < -0.39 is 17.6 Å². The number of piperidine rings is 1. The van der Waals surface area contributed by atoms with Gasteiger partial charge in [0.2, 0.25) is 0 Å². The SMILES string of the molecule is Cn1nccc1-c1nnc(N2CCC(Nc3ccc(F)cc3C(F)(F)F)CC2)c2ccccc12. The zero-order chi connectivity index (χ0) is 23.9.